The largest absolute Gasteiger partial charge is 0.465 e. The van der Waals surface area contributed by atoms with Crippen molar-refractivity contribution in [2.24, 2.45) is 0 Å². The van der Waals surface area contributed by atoms with Gasteiger partial charge in [-0.15, -0.1) is 0 Å². The molecule has 1 aliphatic heterocycles. The van der Waals surface area contributed by atoms with Gasteiger partial charge in [-0.25, -0.2) is 13.6 Å². The maximum Gasteiger partial charge on any atom is 0.407 e. The summed E-state index contributed by atoms with van der Waals surface area (Å²) in [6.07, 6.45) is 0.564. The Morgan fingerprint density at radius 1 is 1.29 bits per heavy atom. The number of fused-ring (bicyclic) bond motifs is 2. The number of nitrogens with zero attached hydrogens (tertiary/aromatic N) is 4. The van der Waals surface area contributed by atoms with Gasteiger partial charge in [0.15, 0.2) is 5.82 Å². The van der Waals surface area contributed by atoms with Crippen LogP contribution in [0.25, 0.3) is 32.9 Å². The second kappa shape index (κ2) is 7.28. The fourth-order valence-corrected chi connectivity index (χ4v) is 4.95. The number of aromatic nitrogens is 2. The fourth-order valence-electron chi connectivity index (χ4n) is 3.81. The van der Waals surface area contributed by atoms with Gasteiger partial charge in [0, 0.05) is 37.3 Å². The van der Waals surface area contributed by atoms with Gasteiger partial charge in [0.2, 0.25) is 0 Å². The number of rotatable bonds is 3. The predicted octanol–water partition coefficient (Wildman–Crippen LogP) is 5.24. The van der Waals surface area contributed by atoms with Crippen LogP contribution < -0.4 is 4.90 Å². The number of pyridine rings is 1. The second-order valence-electron chi connectivity index (χ2n) is 7.39. The molecule has 0 saturated carbocycles. The maximum absolute atomic E-state index is 15.5. The van der Waals surface area contributed by atoms with Gasteiger partial charge < -0.3 is 14.9 Å². The molecular formula is C21H15ClF2N4O2S. The summed E-state index contributed by atoms with van der Waals surface area (Å²) >= 11 is 7.33. The van der Waals surface area contributed by atoms with Gasteiger partial charge in [-0.05, 0) is 23.0 Å². The number of amides is 1. The minimum atomic E-state index is -0.985. The average molecular weight is 461 g/mol. The highest BCUT2D eigenvalue weighted by molar-refractivity contribution is 7.11. The van der Waals surface area contributed by atoms with Crippen molar-refractivity contribution in [2.45, 2.75) is 6.04 Å². The molecule has 0 spiro atoms. The standard InChI is InChI=1S/C21H15ClF2N4O2S/c1-27(21(29)30)11-8-28(9-11)20-13-7-25-18(17(24)19(13)26-31-20)12-4-2-3-10-5-6-14(23)16(22)15(10)12/h2-7,11H,8-9H2,1H3,(H,29,30). The van der Waals surface area contributed by atoms with E-state index in [4.69, 9.17) is 16.7 Å². The summed E-state index contributed by atoms with van der Waals surface area (Å²) in [6.45, 7) is 1.00. The van der Waals surface area contributed by atoms with Crippen LogP contribution in [0.1, 0.15) is 0 Å². The monoisotopic (exact) mass is 460 g/mol. The molecule has 2 aromatic heterocycles. The summed E-state index contributed by atoms with van der Waals surface area (Å²) in [5.74, 6) is -1.19. The molecule has 1 saturated heterocycles. The first-order valence-electron chi connectivity index (χ1n) is 9.38. The molecule has 5 rings (SSSR count). The molecule has 1 fully saturated rings. The van der Waals surface area contributed by atoms with Crippen molar-refractivity contribution in [2.75, 3.05) is 25.0 Å². The maximum atomic E-state index is 15.5. The summed E-state index contributed by atoms with van der Waals surface area (Å²) in [5, 5.41) is 11.4. The molecule has 1 amide bonds. The van der Waals surface area contributed by atoms with E-state index in [0.29, 0.717) is 34.8 Å². The lowest BCUT2D eigenvalue weighted by atomic mass is 10.0. The minimum absolute atomic E-state index is 0.0505. The molecule has 10 heteroatoms. The normalized spacial score (nSPS) is 14.3. The smallest absolute Gasteiger partial charge is 0.407 e. The van der Waals surface area contributed by atoms with Gasteiger partial charge in [0.1, 0.15) is 22.0 Å². The van der Waals surface area contributed by atoms with Gasteiger partial charge in [-0.2, -0.15) is 4.37 Å². The third kappa shape index (κ3) is 3.07. The van der Waals surface area contributed by atoms with E-state index >= 15 is 4.39 Å². The minimum Gasteiger partial charge on any atom is -0.465 e. The Labute approximate surface area is 184 Å². The van der Waals surface area contributed by atoms with E-state index in [1.165, 1.54) is 18.0 Å². The van der Waals surface area contributed by atoms with Crippen LogP contribution >= 0.6 is 23.1 Å². The van der Waals surface area contributed by atoms with Crippen molar-refractivity contribution in [1.29, 1.82) is 0 Å². The van der Waals surface area contributed by atoms with E-state index in [-0.39, 0.29) is 22.3 Å². The van der Waals surface area contributed by atoms with Crippen LogP contribution in [0.3, 0.4) is 0 Å². The molecule has 0 bridgehead atoms. The summed E-state index contributed by atoms with van der Waals surface area (Å²) in [6, 6.07) is 7.90. The van der Waals surface area contributed by atoms with Gasteiger partial charge in [0.25, 0.3) is 0 Å². The lowest BCUT2D eigenvalue weighted by Crippen LogP contribution is -2.59. The molecule has 0 atom stereocenters. The van der Waals surface area contributed by atoms with Gasteiger partial charge in [-0.1, -0.05) is 35.9 Å². The third-order valence-corrected chi connectivity index (χ3v) is 6.93. The number of carboxylic acid groups (broad SMARTS) is 1. The number of halogens is 3. The Morgan fingerprint density at radius 3 is 2.81 bits per heavy atom. The molecule has 2 aromatic carbocycles. The summed E-state index contributed by atoms with van der Waals surface area (Å²) in [7, 11) is 1.53. The molecule has 1 aliphatic rings. The van der Waals surface area contributed by atoms with E-state index in [0.717, 1.165) is 16.5 Å². The van der Waals surface area contributed by atoms with E-state index < -0.39 is 17.7 Å². The van der Waals surface area contributed by atoms with E-state index in [1.807, 2.05) is 4.90 Å². The van der Waals surface area contributed by atoms with Crippen molar-refractivity contribution >= 4 is 55.9 Å². The highest BCUT2D eigenvalue weighted by atomic mass is 35.5. The second-order valence-corrected chi connectivity index (χ2v) is 8.52. The van der Waals surface area contributed by atoms with Crippen molar-refractivity contribution in [3.63, 3.8) is 0 Å². The fraction of sp³-hybridized carbons (Fsp3) is 0.190. The molecular weight excluding hydrogens is 446 g/mol. The number of anilines is 1. The first-order valence-corrected chi connectivity index (χ1v) is 10.5. The first kappa shape index (κ1) is 19.9. The molecule has 3 heterocycles. The Kier molecular flexibility index (Phi) is 4.67. The zero-order chi connectivity index (χ0) is 21.9. The van der Waals surface area contributed by atoms with Gasteiger partial charge in [0.05, 0.1) is 16.5 Å². The van der Waals surface area contributed by atoms with Crippen LogP contribution in [0, 0.1) is 11.6 Å². The highest BCUT2D eigenvalue weighted by Gasteiger charge is 2.34. The quantitative estimate of drug-likeness (QED) is 0.452. The summed E-state index contributed by atoms with van der Waals surface area (Å²) < 4.78 is 33.8. The third-order valence-electron chi connectivity index (χ3n) is 5.64. The number of hydrogen-bond acceptors (Lipinski definition) is 5. The number of hydrogen-bond donors (Lipinski definition) is 1. The van der Waals surface area contributed by atoms with Crippen molar-refractivity contribution in [3.05, 3.63) is 53.2 Å². The van der Waals surface area contributed by atoms with E-state index in [9.17, 15) is 9.18 Å². The van der Waals surface area contributed by atoms with Gasteiger partial charge in [-0.3, -0.25) is 4.98 Å². The Balaban J connectivity index is 1.56. The van der Waals surface area contributed by atoms with Crippen LogP contribution in [0.4, 0.5) is 18.6 Å². The molecule has 0 unspecified atom stereocenters. The van der Waals surface area contributed by atoms with E-state index in [2.05, 4.69) is 9.36 Å². The first-order chi connectivity index (χ1) is 14.9. The van der Waals surface area contributed by atoms with Crippen molar-refractivity contribution in [3.8, 4) is 11.3 Å². The van der Waals surface area contributed by atoms with Crippen molar-refractivity contribution in [1.82, 2.24) is 14.3 Å². The highest BCUT2D eigenvalue weighted by Crippen LogP contribution is 2.40. The number of carbonyl (C=O) groups is 1. The molecule has 6 nitrogen and oxygen atoms in total. The summed E-state index contributed by atoms with van der Waals surface area (Å²) in [5.41, 5.74) is 0.613. The van der Waals surface area contributed by atoms with E-state index in [1.54, 1.807) is 30.5 Å². The predicted molar refractivity (Wildman–Crippen MR) is 117 cm³/mol. The van der Waals surface area contributed by atoms with Crippen LogP contribution in [-0.4, -0.2) is 51.6 Å². The van der Waals surface area contributed by atoms with Crippen LogP contribution in [0.2, 0.25) is 5.02 Å². The number of benzene rings is 2. The molecule has 0 aliphatic carbocycles. The average Bonchev–Trinajstić information content (AvgIpc) is 3.14. The lowest BCUT2D eigenvalue weighted by Gasteiger charge is -2.43. The zero-order valence-electron chi connectivity index (χ0n) is 16.1. The number of likely N-dealkylation sites (N-methyl/N-ethyl adjacent to an activating group) is 1. The topological polar surface area (TPSA) is 69.6 Å². The Morgan fingerprint density at radius 2 is 2.06 bits per heavy atom. The van der Waals surface area contributed by atoms with Gasteiger partial charge >= 0.3 is 6.09 Å². The zero-order valence-corrected chi connectivity index (χ0v) is 17.7. The molecule has 31 heavy (non-hydrogen) atoms. The van der Waals surface area contributed by atoms with Crippen LogP contribution in [0.5, 0.6) is 0 Å². The Bertz CT molecular complexity index is 1360. The molecule has 4 aromatic rings. The summed E-state index contributed by atoms with van der Waals surface area (Å²) in [4.78, 5) is 18.6. The molecule has 158 valence electrons. The molecule has 0 radical (unpaired) electrons. The van der Waals surface area contributed by atoms with Crippen LogP contribution in [0.15, 0.2) is 36.5 Å². The Hall–Kier alpha value is -3.04. The van der Waals surface area contributed by atoms with Crippen LogP contribution in [-0.2, 0) is 0 Å². The SMILES string of the molecule is CN(C(=O)O)C1CN(c2snc3c(F)c(-c4cccc5ccc(F)c(Cl)c45)ncc23)C1. The molecule has 1 N–H and O–H groups in total. The van der Waals surface area contributed by atoms with Crippen molar-refractivity contribution < 1.29 is 18.7 Å². The lowest BCUT2D eigenvalue weighted by molar-refractivity contribution is 0.130.